The maximum atomic E-state index is 12.9. The number of phosphoric ester groups is 1. The van der Waals surface area contributed by atoms with E-state index in [1.165, 1.54) is 315 Å². The number of quaternary nitrogens is 1. The quantitative estimate of drug-likeness (QED) is 0.0211. The van der Waals surface area contributed by atoms with Crippen molar-refractivity contribution in [3.63, 3.8) is 0 Å². The van der Waals surface area contributed by atoms with E-state index in [0.717, 1.165) is 51.4 Å². The van der Waals surface area contributed by atoms with Crippen LogP contribution >= 0.6 is 7.82 Å². The largest absolute Gasteiger partial charge is 0.472 e. The molecule has 0 aliphatic heterocycles. The van der Waals surface area contributed by atoms with Crippen LogP contribution in [0.15, 0.2) is 48.6 Å². The second kappa shape index (κ2) is 71.3. The average Bonchev–Trinajstić information content (AvgIpc) is 3.61. The highest BCUT2D eigenvalue weighted by atomic mass is 31.2. The smallest absolute Gasteiger partial charge is 0.462 e. The lowest BCUT2D eigenvalue weighted by atomic mass is 10.0. The normalized spacial score (nSPS) is 13.3. The number of hydrogen-bond donors (Lipinski definition) is 1. The summed E-state index contributed by atoms with van der Waals surface area (Å²) in [6.45, 7) is 4.49. The molecule has 0 aliphatic carbocycles. The highest BCUT2D eigenvalue weighted by Crippen LogP contribution is 2.43. The lowest BCUT2D eigenvalue weighted by molar-refractivity contribution is -0.870. The number of carbonyl (C=O) groups is 2. The first-order chi connectivity index (χ1) is 44.0. The Morgan fingerprint density at radius 1 is 0.344 bits per heavy atom. The third-order valence-corrected chi connectivity index (χ3v) is 18.8. The van der Waals surface area contributed by atoms with Gasteiger partial charge in [-0.1, -0.05) is 358 Å². The van der Waals surface area contributed by atoms with Crippen LogP contribution in [-0.2, 0) is 32.7 Å². The Bertz CT molecular complexity index is 1660. The van der Waals surface area contributed by atoms with Crippen molar-refractivity contribution < 1.29 is 42.1 Å². The van der Waals surface area contributed by atoms with Gasteiger partial charge < -0.3 is 18.9 Å². The summed E-state index contributed by atoms with van der Waals surface area (Å²) in [7, 11) is 1.49. The van der Waals surface area contributed by atoms with Gasteiger partial charge in [-0.3, -0.25) is 18.6 Å². The van der Waals surface area contributed by atoms with E-state index in [1.807, 2.05) is 21.1 Å². The predicted molar refractivity (Wildman–Crippen MR) is 390 cm³/mol. The first kappa shape index (κ1) is 88.0. The maximum Gasteiger partial charge on any atom is 0.472 e. The predicted octanol–water partition coefficient (Wildman–Crippen LogP) is 26.0. The summed E-state index contributed by atoms with van der Waals surface area (Å²) in [4.78, 5) is 35.9. The van der Waals surface area contributed by atoms with Crippen molar-refractivity contribution in [3.05, 3.63) is 48.6 Å². The number of esters is 2. The number of hydrogen-bond acceptors (Lipinski definition) is 7. The molecule has 0 aromatic carbocycles. The molecular formula is C80H153NO8P+. The van der Waals surface area contributed by atoms with Crippen LogP contribution in [0.4, 0.5) is 0 Å². The van der Waals surface area contributed by atoms with Crippen LogP contribution in [0.3, 0.4) is 0 Å². The van der Waals surface area contributed by atoms with Gasteiger partial charge in [0.25, 0.3) is 0 Å². The van der Waals surface area contributed by atoms with Gasteiger partial charge in [-0.15, -0.1) is 0 Å². The Morgan fingerprint density at radius 2 is 0.600 bits per heavy atom. The lowest BCUT2D eigenvalue weighted by Gasteiger charge is -2.24. The molecule has 0 aliphatic rings. The zero-order valence-electron chi connectivity index (χ0n) is 60.7. The standard InChI is InChI=1S/C80H152NO8P/c1-6-8-10-12-14-16-18-20-22-24-26-28-30-32-34-35-36-37-38-39-40-41-42-43-44-45-47-48-50-52-54-56-58-60-62-64-66-68-70-72-79(82)86-76-78(77-88-90(84,85)87-75-74-81(3,4)5)89-80(83)73-71-69-67-65-63-61-59-57-55-53-51-49-46-33-31-29-27-25-23-21-19-17-15-13-11-9-7-2/h19,21,24-27,31,33,78H,6-18,20,22-23,28-30,32,34-77H2,1-5H3/p+1/b21-19-,26-24-,27-25-,33-31-. The molecule has 2 atom stereocenters. The van der Waals surface area contributed by atoms with Crippen molar-refractivity contribution in [3.8, 4) is 0 Å². The molecule has 10 heteroatoms. The van der Waals surface area contributed by atoms with Crippen molar-refractivity contribution >= 4 is 19.8 Å². The molecular weight excluding hydrogens is 1130 g/mol. The number of unbranched alkanes of at least 4 members (excludes halogenated alkanes) is 52. The number of likely N-dealkylation sites (N-methyl/N-ethyl adjacent to an activating group) is 1. The summed E-state index contributed by atoms with van der Waals surface area (Å²) in [5.74, 6) is -0.780. The topological polar surface area (TPSA) is 108 Å². The van der Waals surface area contributed by atoms with Crippen LogP contribution in [0.25, 0.3) is 0 Å². The molecule has 0 fully saturated rings. The minimum atomic E-state index is -4.39. The van der Waals surface area contributed by atoms with Crippen molar-refractivity contribution in [1.29, 1.82) is 0 Å². The monoisotopic (exact) mass is 1290 g/mol. The molecule has 0 spiro atoms. The van der Waals surface area contributed by atoms with Crippen LogP contribution in [0, 0.1) is 0 Å². The lowest BCUT2D eigenvalue weighted by Crippen LogP contribution is -2.37. The number of allylic oxidation sites excluding steroid dienone is 8. The molecule has 0 saturated heterocycles. The highest BCUT2D eigenvalue weighted by molar-refractivity contribution is 7.47. The summed E-state index contributed by atoms with van der Waals surface area (Å²) >= 11 is 0. The second-order valence-corrected chi connectivity index (χ2v) is 29.5. The van der Waals surface area contributed by atoms with E-state index in [9.17, 15) is 19.0 Å². The number of ether oxygens (including phenoxy) is 2. The van der Waals surface area contributed by atoms with Gasteiger partial charge in [-0.05, 0) is 77.0 Å². The summed E-state index contributed by atoms with van der Waals surface area (Å²) in [6.07, 6.45) is 94.0. The minimum absolute atomic E-state index is 0.0328. The zero-order valence-corrected chi connectivity index (χ0v) is 61.5. The number of phosphoric acid groups is 1. The van der Waals surface area contributed by atoms with Crippen LogP contribution in [0.5, 0.6) is 0 Å². The number of carbonyl (C=O) groups excluding carboxylic acids is 2. The molecule has 0 aromatic heterocycles. The Hall–Kier alpha value is -2.03. The number of nitrogens with zero attached hydrogens (tertiary/aromatic N) is 1. The fraction of sp³-hybridized carbons (Fsp3) is 0.875. The van der Waals surface area contributed by atoms with Crippen molar-refractivity contribution in [2.75, 3.05) is 47.5 Å². The molecule has 0 aromatic rings. The SMILES string of the molecule is CCCCCCC/C=C\C/C=C\C/C=C\CCCCCCCCCCCCCCC(=O)OC(COC(=O)CCCCCCCCCCCCCCCCCCCCCCCCCCCCC/C=C\CCCCCCCCCC)COP(=O)(O)OCC[N+](C)(C)C. The fourth-order valence-electron chi connectivity index (χ4n) is 11.8. The molecule has 0 bridgehead atoms. The molecule has 1 N–H and O–H groups in total. The summed E-state index contributed by atoms with van der Waals surface area (Å²) in [6, 6.07) is 0. The first-order valence-corrected chi connectivity index (χ1v) is 40.9. The molecule has 0 amide bonds. The fourth-order valence-corrected chi connectivity index (χ4v) is 12.5. The average molecular weight is 1290 g/mol. The van der Waals surface area contributed by atoms with E-state index in [2.05, 4.69) is 62.5 Å². The van der Waals surface area contributed by atoms with Crippen molar-refractivity contribution in [2.45, 2.75) is 405 Å². The van der Waals surface area contributed by atoms with Gasteiger partial charge in [0.15, 0.2) is 6.10 Å². The van der Waals surface area contributed by atoms with Crippen LogP contribution < -0.4 is 0 Å². The van der Waals surface area contributed by atoms with Gasteiger partial charge in [0.05, 0.1) is 27.7 Å². The maximum absolute atomic E-state index is 12.9. The van der Waals surface area contributed by atoms with Crippen LogP contribution in [-0.4, -0.2) is 74.9 Å². The van der Waals surface area contributed by atoms with E-state index in [0.29, 0.717) is 23.9 Å². The Morgan fingerprint density at radius 3 is 0.900 bits per heavy atom. The molecule has 90 heavy (non-hydrogen) atoms. The minimum Gasteiger partial charge on any atom is -0.462 e. The molecule has 0 saturated carbocycles. The van der Waals surface area contributed by atoms with Gasteiger partial charge >= 0.3 is 19.8 Å². The molecule has 530 valence electrons. The second-order valence-electron chi connectivity index (χ2n) is 28.1. The van der Waals surface area contributed by atoms with E-state index in [-0.39, 0.29) is 25.6 Å². The van der Waals surface area contributed by atoms with Crippen molar-refractivity contribution in [2.24, 2.45) is 0 Å². The van der Waals surface area contributed by atoms with E-state index in [4.69, 9.17) is 18.5 Å². The Balaban J connectivity index is 3.90. The molecule has 0 rings (SSSR count). The summed E-state index contributed by atoms with van der Waals surface area (Å²) in [5, 5.41) is 0. The first-order valence-electron chi connectivity index (χ1n) is 39.4. The molecule has 9 nitrogen and oxygen atoms in total. The number of rotatable bonds is 74. The summed E-state index contributed by atoms with van der Waals surface area (Å²) in [5.41, 5.74) is 0. The van der Waals surface area contributed by atoms with E-state index < -0.39 is 26.5 Å². The Labute approximate surface area is 560 Å². The Kier molecular flexibility index (Phi) is 69.7. The van der Waals surface area contributed by atoms with Crippen LogP contribution in [0.1, 0.15) is 399 Å². The third kappa shape index (κ3) is 75.0. The van der Waals surface area contributed by atoms with E-state index in [1.54, 1.807) is 0 Å². The van der Waals surface area contributed by atoms with Gasteiger partial charge in [-0.25, -0.2) is 4.57 Å². The van der Waals surface area contributed by atoms with Gasteiger partial charge in [0.1, 0.15) is 19.8 Å². The zero-order chi connectivity index (χ0) is 65.5. The summed E-state index contributed by atoms with van der Waals surface area (Å²) < 4.78 is 34.8. The van der Waals surface area contributed by atoms with Gasteiger partial charge in [0.2, 0.25) is 0 Å². The molecule has 0 heterocycles. The van der Waals surface area contributed by atoms with Gasteiger partial charge in [0, 0.05) is 12.8 Å². The highest BCUT2D eigenvalue weighted by Gasteiger charge is 2.27. The van der Waals surface area contributed by atoms with E-state index >= 15 is 0 Å². The third-order valence-electron chi connectivity index (χ3n) is 17.8. The van der Waals surface area contributed by atoms with Gasteiger partial charge in [-0.2, -0.15) is 0 Å². The molecule has 0 radical (unpaired) electrons. The van der Waals surface area contributed by atoms with Crippen LogP contribution in [0.2, 0.25) is 0 Å². The van der Waals surface area contributed by atoms with Crippen molar-refractivity contribution in [1.82, 2.24) is 0 Å². The molecule has 2 unspecified atom stereocenters.